The van der Waals surface area contributed by atoms with Gasteiger partial charge in [0.25, 0.3) is 0 Å². The van der Waals surface area contributed by atoms with Gasteiger partial charge in [-0.25, -0.2) is 0 Å². The molecule has 0 saturated carbocycles. The molecule has 0 fully saturated rings. The molecule has 0 aromatic heterocycles. The lowest BCUT2D eigenvalue weighted by molar-refractivity contribution is 0.00531. The van der Waals surface area contributed by atoms with Crippen LogP contribution >= 0.6 is 7.14 Å². The fourth-order valence-corrected chi connectivity index (χ4v) is 7.96. The maximum Gasteiger partial charge on any atom is 0.149 e. The second kappa shape index (κ2) is 11.7. The molecule has 3 N–H and O–H groups in total. The molecule has 0 saturated heterocycles. The molecule has 0 amide bonds. The average molecular weight is 503 g/mol. The lowest BCUT2D eigenvalue weighted by Crippen LogP contribution is -2.35. The maximum absolute atomic E-state index is 15.1. The number of aliphatic hydroxyl groups is 3. The number of aliphatic hydroxyl groups excluding tert-OH is 3. The highest BCUT2D eigenvalue weighted by molar-refractivity contribution is 7.79. The maximum atomic E-state index is 15.1. The molecular formula is C30H31O5P. The molecule has 4 aromatic rings. The van der Waals surface area contributed by atoms with Crippen molar-refractivity contribution < 1.29 is 24.6 Å². The second-order valence-electron chi connectivity index (χ2n) is 8.77. The summed E-state index contributed by atoms with van der Waals surface area (Å²) in [6.07, 6.45) is -3.75. The minimum atomic E-state index is -3.49. The van der Waals surface area contributed by atoms with Gasteiger partial charge in [-0.3, -0.25) is 0 Å². The van der Waals surface area contributed by atoms with E-state index in [-0.39, 0.29) is 6.42 Å². The predicted molar refractivity (Wildman–Crippen MR) is 144 cm³/mol. The third-order valence-electron chi connectivity index (χ3n) is 6.56. The first-order chi connectivity index (χ1) is 17.4. The molecule has 4 rings (SSSR count). The van der Waals surface area contributed by atoms with Crippen LogP contribution in [0.3, 0.4) is 0 Å². The van der Waals surface area contributed by atoms with Gasteiger partial charge in [-0.05, 0) is 29.7 Å². The highest BCUT2D eigenvalue weighted by Crippen LogP contribution is 2.55. The molecule has 4 aromatic carbocycles. The van der Waals surface area contributed by atoms with Crippen LogP contribution in [0.5, 0.6) is 5.75 Å². The topological polar surface area (TPSA) is 87.0 Å². The van der Waals surface area contributed by atoms with Gasteiger partial charge in [-0.1, -0.05) is 103 Å². The van der Waals surface area contributed by atoms with Crippen molar-refractivity contribution >= 4 is 17.8 Å². The van der Waals surface area contributed by atoms with Crippen LogP contribution in [-0.4, -0.2) is 34.2 Å². The average Bonchev–Trinajstić information content (AvgIpc) is 2.96. The van der Waals surface area contributed by atoms with E-state index >= 15 is 4.57 Å². The normalized spacial score (nSPS) is 15.0. The van der Waals surface area contributed by atoms with Crippen molar-refractivity contribution in [2.24, 2.45) is 0 Å². The Kier molecular flexibility index (Phi) is 8.40. The van der Waals surface area contributed by atoms with Gasteiger partial charge < -0.3 is 24.6 Å². The van der Waals surface area contributed by atoms with Gasteiger partial charge >= 0.3 is 0 Å². The van der Waals surface area contributed by atoms with Gasteiger partial charge in [-0.15, -0.1) is 0 Å². The number of rotatable bonds is 10. The molecule has 0 spiro atoms. The highest BCUT2D eigenvalue weighted by Gasteiger charge is 2.43. The van der Waals surface area contributed by atoms with E-state index in [0.29, 0.717) is 27.5 Å². The Morgan fingerprint density at radius 2 is 1.08 bits per heavy atom. The summed E-state index contributed by atoms with van der Waals surface area (Å²) in [4.78, 5) is 0. The van der Waals surface area contributed by atoms with E-state index in [0.717, 1.165) is 0 Å². The Balaban J connectivity index is 1.79. The zero-order valence-electron chi connectivity index (χ0n) is 20.1. The first-order valence-corrected chi connectivity index (χ1v) is 13.7. The molecule has 6 heteroatoms. The summed E-state index contributed by atoms with van der Waals surface area (Å²) in [6, 6.07) is 34.0. The molecule has 36 heavy (non-hydrogen) atoms. The monoisotopic (exact) mass is 502 g/mol. The van der Waals surface area contributed by atoms with Gasteiger partial charge in [0.15, 0.2) is 0 Å². The largest absolute Gasteiger partial charge is 0.497 e. The molecule has 5 nitrogen and oxygen atoms in total. The summed E-state index contributed by atoms with van der Waals surface area (Å²) in [6.45, 7) is 0. The zero-order valence-corrected chi connectivity index (χ0v) is 21.0. The van der Waals surface area contributed by atoms with Crippen molar-refractivity contribution in [1.82, 2.24) is 0 Å². The number of methoxy groups -OCH3 is 1. The van der Waals surface area contributed by atoms with Gasteiger partial charge in [0.1, 0.15) is 19.0 Å². The molecular weight excluding hydrogens is 471 g/mol. The third kappa shape index (κ3) is 5.45. The third-order valence-corrected chi connectivity index (χ3v) is 10.1. The Morgan fingerprint density at radius 1 is 0.639 bits per heavy atom. The molecule has 186 valence electrons. The molecule has 0 radical (unpaired) electrons. The van der Waals surface area contributed by atoms with Crippen LogP contribution in [0.1, 0.15) is 29.8 Å². The standard InChI is InChI=1S/C30H31O5P/c1-35-24-19-17-23(18-20-24)29(32)27(31)21-28(30(33)22-11-5-2-6-12-22)36(34,25-13-7-3-8-14-25)26-15-9-4-10-16-26/h2-20,27-33H,21H2,1H3/t27-,28?,29-,30?/m0/s1. The molecule has 4 atom stereocenters. The molecule has 2 unspecified atom stereocenters. The molecule has 0 bridgehead atoms. The van der Waals surface area contributed by atoms with Crippen molar-refractivity contribution in [3.63, 3.8) is 0 Å². The predicted octanol–water partition coefficient (Wildman–Crippen LogP) is 4.60. The zero-order chi connectivity index (χ0) is 25.5. The quantitative estimate of drug-likeness (QED) is 0.276. The van der Waals surface area contributed by atoms with Crippen LogP contribution in [0.2, 0.25) is 0 Å². The minimum absolute atomic E-state index is 0.0929. The van der Waals surface area contributed by atoms with Crippen LogP contribution in [0.4, 0.5) is 0 Å². The SMILES string of the molecule is COc1ccc([C@H](O)[C@@H](O)CC(C(O)c2ccccc2)P(=O)(c2ccccc2)c2ccccc2)cc1. The number of benzene rings is 4. The van der Waals surface area contributed by atoms with E-state index in [1.54, 1.807) is 67.8 Å². The van der Waals surface area contributed by atoms with Gasteiger partial charge in [0, 0.05) is 10.6 Å². The summed E-state index contributed by atoms with van der Waals surface area (Å²) in [5, 5.41) is 35.0. The first-order valence-electron chi connectivity index (χ1n) is 11.9. The Labute approximate surface area is 212 Å². The van der Waals surface area contributed by atoms with E-state index in [4.69, 9.17) is 4.74 Å². The van der Waals surface area contributed by atoms with Crippen LogP contribution in [0.25, 0.3) is 0 Å². The van der Waals surface area contributed by atoms with Crippen molar-refractivity contribution in [2.45, 2.75) is 30.4 Å². The Bertz CT molecular complexity index is 1220. The van der Waals surface area contributed by atoms with Gasteiger partial charge in [0.05, 0.1) is 25.0 Å². The molecule has 0 aliphatic rings. The fraction of sp³-hybridized carbons (Fsp3) is 0.200. The highest BCUT2D eigenvalue weighted by atomic mass is 31.2. The van der Waals surface area contributed by atoms with Gasteiger partial charge in [0.2, 0.25) is 0 Å². The second-order valence-corrected chi connectivity index (χ2v) is 11.8. The molecule has 0 aliphatic heterocycles. The lowest BCUT2D eigenvalue weighted by atomic mass is 9.96. The number of hydrogen-bond donors (Lipinski definition) is 3. The van der Waals surface area contributed by atoms with Crippen molar-refractivity contribution in [3.05, 3.63) is 126 Å². The van der Waals surface area contributed by atoms with Crippen LogP contribution in [0, 0.1) is 0 Å². The van der Waals surface area contributed by atoms with E-state index in [1.807, 2.05) is 54.6 Å². The number of ether oxygens (including phenoxy) is 1. The lowest BCUT2D eigenvalue weighted by Gasteiger charge is -2.34. The first kappa shape index (κ1) is 25.9. The Morgan fingerprint density at radius 3 is 1.56 bits per heavy atom. The molecule has 0 heterocycles. The fourth-order valence-electron chi connectivity index (χ4n) is 4.58. The number of hydrogen-bond acceptors (Lipinski definition) is 5. The van der Waals surface area contributed by atoms with E-state index in [1.165, 1.54) is 0 Å². The van der Waals surface area contributed by atoms with E-state index in [2.05, 4.69) is 0 Å². The van der Waals surface area contributed by atoms with E-state index < -0.39 is 31.1 Å². The van der Waals surface area contributed by atoms with Crippen molar-refractivity contribution in [2.75, 3.05) is 7.11 Å². The summed E-state index contributed by atoms with van der Waals surface area (Å²) in [5.74, 6) is 0.635. The smallest absolute Gasteiger partial charge is 0.149 e. The van der Waals surface area contributed by atoms with Crippen molar-refractivity contribution in [1.29, 1.82) is 0 Å². The van der Waals surface area contributed by atoms with Crippen molar-refractivity contribution in [3.8, 4) is 5.75 Å². The minimum Gasteiger partial charge on any atom is -0.497 e. The van der Waals surface area contributed by atoms with Crippen LogP contribution in [0.15, 0.2) is 115 Å². The summed E-state index contributed by atoms with van der Waals surface area (Å²) >= 11 is 0. The summed E-state index contributed by atoms with van der Waals surface area (Å²) in [7, 11) is -1.94. The molecule has 0 aliphatic carbocycles. The summed E-state index contributed by atoms with van der Waals surface area (Å²) < 4.78 is 20.3. The summed E-state index contributed by atoms with van der Waals surface area (Å²) in [5.41, 5.74) is 0.207. The van der Waals surface area contributed by atoms with E-state index in [9.17, 15) is 15.3 Å². The van der Waals surface area contributed by atoms with Crippen LogP contribution < -0.4 is 15.3 Å². The van der Waals surface area contributed by atoms with Gasteiger partial charge in [-0.2, -0.15) is 0 Å². The van der Waals surface area contributed by atoms with Crippen LogP contribution in [-0.2, 0) is 4.57 Å². The Hall–Kier alpha value is -3.21.